The van der Waals surface area contributed by atoms with Gasteiger partial charge < -0.3 is 15.4 Å². The molecule has 1 heterocycles. The maximum Gasteiger partial charge on any atom is 0.336 e. The van der Waals surface area contributed by atoms with E-state index in [1.807, 2.05) is 16.8 Å². The quantitative estimate of drug-likeness (QED) is 0.870. The van der Waals surface area contributed by atoms with E-state index in [9.17, 15) is 9.90 Å². The third-order valence-electron chi connectivity index (χ3n) is 3.16. The highest BCUT2D eigenvalue weighted by Crippen LogP contribution is 2.30. The van der Waals surface area contributed by atoms with Gasteiger partial charge in [0.2, 0.25) is 0 Å². The van der Waals surface area contributed by atoms with Crippen LogP contribution in [0.2, 0.25) is 0 Å². The Kier molecular flexibility index (Phi) is 3.39. The van der Waals surface area contributed by atoms with Crippen molar-refractivity contribution in [3.05, 3.63) is 35.5 Å². The number of rotatable bonds is 4. The molecule has 4 heteroatoms. The Bertz CT molecular complexity index is 585. The van der Waals surface area contributed by atoms with Crippen LogP contribution in [0.5, 0.6) is 0 Å². The van der Waals surface area contributed by atoms with E-state index in [1.165, 1.54) is 0 Å². The van der Waals surface area contributed by atoms with Crippen LogP contribution in [0.3, 0.4) is 0 Å². The molecule has 0 aliphatic rings. The van der Waals surface area contributed by atoms with E-state index >= 15 is 0 Å². The summed E-state index contributed by atoms with van der Waals surface area (Å²) in [7, 11) is 0. The van der Waals surface area contributed by atoms with E-state index in [0.717, 1.165) is 16.5 Å². The summed E-state index contributed by atoms with van der Waals surface area (Å²) in [4.78, 5) is 11.3. The van der Waals surface area contributed by atoms with Crippen molar-refractivity contribution in [2.24, 2.45) is 5.73 Å². The largest absolute Gasteiger partial charge is 0.478 e. The molecular formula is C14H18N2O2. The minimum Gasteiger partial charge on any atom is -0.478 e. The molecule has 0 saturated heterocycles. The highest BCUT2D eigenvalue weighted by atomic mass is 16.4. The van der Waals surface area contributed by atoms with Gasteiger partial charge in [-0.25, -0.2) is 4.79 Å². The van der Waals surface area contributed by atoms with Crippen LogP contribution < -0.4 is 5.73 Å². The van der Waals surface area contributed by atoms with E-state index in [2.05, 4.69) is 13.8 Å². The lowest BCUT2D eigenvalue weighted by molar-refractivity contribution is 0.0699. The maximum atomic E-state index is 11.3. The topological polar surface area (TPSA) is 68.2 Å². The van der Waals surface area contributed by atoms with Gasteiger partial charge in [0.1, 0.15) is 0 Å². The molecule has 2 rings (SSSR count). The zero-order chi connectivity index (χ0) is 13.3. The molecule has 1 aromatic carbocycles. The lowest BCUT2D eigenvalue weighted by Crippen LogP contribution is -2.08. The number of aromatic nitrogens is 1. The van der Waals surface area contributed by atoms with E-state index in [4.69, 9.17) is 5.73 Å². The van der Waals surface area contributed by atoms with Crippen molar-refractivity contribution < 1.29 is 9.90 Å². The number of fused-ring (bicyclic) bond motifs is 1. The summed E-state index contributed by atoms with van der Waals surface area (Å²) in [5.41, 5.74) is 7.98. The molecule has 3 N–H and O–H groups in total. The predicted octanol–water partition coefficient (Wildman–Crippen LogP) is 2.42. The Labute approximate surface area is 106 Å². The molecule has 2 aromatic rings. The second-order valence-electron chi connectivity index (χ2n) is 4.73. The average Bonchev–Trinajstić information content (AvgIpc) is 2.69. The molecule has 0 fully saturated rings. The average molecular weight is 246 g/mol. The minimum atomic E-state index is -0.881. The standard InChI is InChI=1S/C14H18N2O2/c1-9(2)11-8-16(7-6-15)12-5-3-4-10(13(11)12)14(17)18/h3-5,8-9H,6-7,15H2,1-2H3,(H,17,18). The van der Waals surface area contributed by atoms with Crippen molar-refractivity contribution in [1.82, 2.24) is 4.57 Å². The number of benzene rings is 1. The molecule has 0 bridgehead atoms. The van der Waals surface area contributed by atoms with Gasteiger partial charge in [-0.05, 0) is 23.6 Å². The van der Waals surface area contributed by atoms with E-state index < -0.39 is 5.97 Å². The fourth-order valence-corrected chi connectivity index (χ4v) is 2.32. The van der Waals surface area contributed by atoms with Gasteiger partial charge >= 0.3 is 5.97 Å². The molecule has 18 heavy (non-hydrogen) atoms. The summed E-state index contributed by atoms with van der Waals surface area (Å²) in [5, 5.41) is 10.1. The molecule has 0 atom stereocenters. The second kappa shape index (κ2) is 4.82. The normalized spacial score (nSPS) is 11.3. The third kappa shape index (κ3) is 1.99. The summed E-state index contributed by atoms with van der Waals surface area (Å²) in [6, 6.07) is 5.38. The second-order valence-corrected chi connectivity index (χ2v) is 4.73. The number of hydrogen-bond acceptors (Lipinski definition) is 2. The summed E-state index contributed by atoms with van der Waals surface area (Å²) in [6.07, 6.45) is 2.02. The van der Waals surface area contributed by atoms with Crippen molar-refractivity contribution >= 4 is 16.9 Å². The number of carbonyl (C=O) groups is 1. The molecule has 0 spiro atoms. The molecular weight excluding hydrogens is 228 g/mol. The van der Waals surface area contributed by atoms with Crippen molar-refractivity contribution in [3.8, 4) is 0 Å². The van der Waals surface area contributed by atoms with Gasteiger partial charge in [0, 0.05) is 30.2 Å². The Morgan fingerprint density at radius 1 is 1.44 bits per heavy atom. The number of hydrogen-bond donors (Lipinski definition) is 2. The molecule has 0 amide bonds. The maximum absolute atomic E-state index is 11.3. The van der Waals surface area contributed by atoms with Gasteiger partial charge in [-0.2, -0.15) is 0 Å². The van der Waals surface area contributed by atoms with Gasteiger partial charge in [-0.15, -0.1) is 0 Å². The van der Waals surface area contributed by atoms with Gasteiger partial charge in [0.25, 0.3) is 0 Å². The zero-order valence-electron chi connectivity index (χ0n) is 10.7. The van der Waals surface area contributed by atoms with Crippen LogP contribution in [0.25, 0.3) is 10.9 Å². The van der Waals surface area contributed by atoms with Gasteiger partial charge in [-0.1, -0.05) is 19.9 Å². The van der Waals surface area contributed by atoms with E-state index in [0.29, 0.717) is 18.7 Å². The smallest absolute Gasteiger partial charge is 0.336 e. The van der Waals surface area contributed by atoms with E-state index in [-0.39, 0.29) is 5.92 Å². The molecule has 4 nitrogen and oxygen atoms in total. The highest BCUT2D eigenvalue weighted by molar-refractivity contribution is 6.04. The Hall–Kier alpha value is -1.81. The summed E-state index contributed by atoms with van der Waals surface area (Å²) in [5.74, 6) is -0.597. The Morgan fingerprint density at radius 2 is 2.17 bits per heavy atom. The number of nitrogens with two attached hydrogens (primary N) is 1. The summed E-state index contributed by atoms with van der Waals surface area (Å²) in [6.45, 7) is 5.38. The van der Waals surface area contributed by atoms with Crippen molar-refractivity contribution in [2.45, 2.75) is 26.3 Å². The van der Waals surface area contributed by atoms with Crippen LogP contribution in [0.1, 0.15) is 35.7 Å². The Balaban J connectivity index is 2.78. The lowest BCUT2D eigenvalue weighted by Gasteiger charge is -2.05. The fraction of sp³-hybridized carbons (Fsp3) is 0.357. The first-order chi connectivity index (χ1) is 8.56. The third-order valence-corrected chi connectivity index (χ3v) is 3.16. The number of aromatic carboxylic acids is 1. The van der Waals surface area contributed by atoms with Crippen LogP contribution in [0, 0.1) is 0 Å². The molecule has 0 saturated carbocycles. The fourth-order valence-electron chi connectivity index (χ4n) is 2.32. The molecule has 0 aliphatic heterocycles. The van der Waals surface area contributed by atoms with Crippen LogP contribution in [-0.4, -0.2) is 22.2 Å². The zero-order valence-corrected chi connectivity index (χ0v) is 10.7. The van der Waals surface area contributed by atoms with Crippen molar-refractivity contribution in [1.29, 1.82) is 0 Å². The van der Waals surface area contributed by atoms with Gasteiger partial charge in [0.05, 0.1) is 5.56 Å². The van der Waals surface area contributed by atoms with Crippen LogP contribution in [0.15, 0.2) is 24.4 Å². The highest BCUT2D eigenvalue weighted by Gasteiger charge is 2.17. The summed E-state index contributed by atoms with van der Waals surface area (Å²) < 4.78 is 2.04. The van der Waals surface area contributed by atoms with Crippen molar-refractivity contribution in [2.75, 3.05) is 6.54 Å². The minimum absolute atomic E-state index is 0.284. The van der Waals surface area contributed by atoms with E-state index in [1.54, 1.807) is 12.1 Å². The van der Waals surface area contributed by atoms with Gasteiger partial charge in [0.15, 0.2) is 0 Å². The number of nitrogens with zero attached hydrogens (tertiary/aromatic N) is 1. The predicted molar refractivity (Wildman–Crippen MR) is 72.0 cm³/mol. The molecule has 0 unspecified atom stereocenters. The lowest BCUT2D eigenvalue weighted by atomic mass is 9.99. The monoisotopic (exact) mass is 246 g/mol. The molecule has 0 aliphatic carbocycles. The molecule has 96 valence electrons. The SMILES string of the molecule is CC(C)c1cn(CCN)c2cccc(C(=O)O)c12. The molecule has 1 aromatic heterocycles. The number of carboxylic acids is 1. The molecule has 0 radical (unpaired) electrons. The van der Waals surface area contributed by atoms with Crippen LogP contribution >= 0.6 is 0 Å². The van der Waals surface area contributed by atoms with Crippen molar-refractivity contribution in [3.63, 3.8) is 0 Å². The first-order valence-corrected chi connectivity index (χ1v) is 6.11. The summed E-state index contributed by atoms with van der Waals surface area (Å²) >= 11 is 0. The van der Waals surface area contributed by atoms with Crippen LogP contribution in [0.4, 0.5) is 0 Å². The first-order valence-electron chi connectivity index (χ1n) is 6.11. The Morgan fingerprint density at radius 3 is 2.72 bits per heavy atom. The number of carboxylic acid groups (broad SMARTS) is 1. The first kappa shape index (κ1) is 12.6. The van der Waals surface area contributed by atoms with Crippen LogP contribution in [-0.2, 0) is 6.54 Å². The van der Waals surface area contributed by atoms with Gasteiger partial charge in [-0.3, -0.25) is 0 Å².